The fraction of sp³-hybridized carbons (Fsp3) is 0.167. The quantitative estimate of drug-likeness (QED) is 0.152. The summed E-state index contributed by atoms with van der Waals surface area (Å²) in [6.45, 7) is 0. The predicted octanol–water partition coefficient (Wildman–Crippen LogP) is 6.20. The zero-order valence-corrected chi connectivity index (χ0v) is 20.3. The van der Waals surface area contributed by atoms with Crippen molar-refractivity contribution in [3.63, 3.8) is 0 Å². The van der Waals surface area contributed by atoms with E-state index in [1.54, 1.807) is 0 Å². The van der Waals surface area contributed by atoms with Gasteiger partial charge in [0.1, 0.15) is 4.90 Å². The molecule has 0 radical (unpaired) electrons. The molecule has 1 amide bonds. The lowest BCUT2D eigenvalue weighted by Crippen LogP contribution is -2.21. The Bertz CT molecular complexity index is 1480. The van der Waals surface area contributed by atoms with E-state index in [0.29, 0.717) is 36.4 Å². The first-order chi connectivity index (χ1) is 18.4. The third-order valence-electron chi connectivity index (χ3n) is 4.99. The molecule has 0 spiro atoms. The highest BCUT2D eigenvalue weighted by molar-refractivity contribution is 7.87. The number of nitrogens with zero attached hydrogens (tertiary/aromatic N) is 1. The van der Waals surface area contributed by atoms with Gasteiger partial charge in [0, 0.05) is 5.56 Å². The molecule has 3 rings (SSSR count). The maximum atomic E-state index is 13.0. The van der Waals surface area contributed by atoms with Gasteiger partial charge in [-0.3, -0.25) is 4.79 Å². The summed E-state index contributed by atoms with van der Waals surface area (Å²) >= 11 is 0. The zero-order chi connectivity index (χ0) is 29.9. The van der Waals surface area contributed by atoms with Gasteiger partial charge < -0.3 is 4.18 Å². The van der Waals surface area contributed by atoms with Crippen molar-refractivity contribution >= 4 is 22.2 Å². The SMILES string of the molecule is O=C(Cc1cc(C(F)(F)F)cc(C(F)(F)F)c1)NN=Cc1ccccc1OS(=O)(=O)c1ccc(C(F)(F)F)cc1. The second-order valence-electron chi connectivity index (χ2n) is 7.98. The topological polar surface area (TPSA) is 84.8 Å². The van der Waals surface area contributed by atoms with E-state index in [0.717, 1.165) is 12.3 Å². The highest BCUT2D eigenvalue weighted by atomic mass is 32.2. The van der Waals surface area contributed by atoms with E-state index in [1.807, 2.05) is 5.43 Å². The maximum absolute atomic E-state index is 13.0. The van der Waals surface area contributed by atoms with Crippen LogP contribution >= 0.6 is 0 Å². The average Bonchev–Trinajstić information content (AvgIpc) is 2.83. The summed E-state index contributed by atoms with van der Waals surface area (Å²) in [4.78, 5) is 11.5. The minimum atomic E-state index is -5.10. The van der Waals surface area contributed by atoms with E-state index in [2.05, 4.69) is 5.10 Å². The van der Waals surface area contributed by atoms with Crippen LogP contribution in [0.2, 0.25) is 0 Å². The summed E-state index contributed by atoms with van der Waals surface area (Å²) in [5.74, 6) is -1.45. The molecular weight excluding hydrogens is 583 g/mol. The van der Waals surface area contributed by atoms with E-state index in [4.69, 9.17) is 4.18 Å². The van der Waals surface area contributed by atoms with Gasteiger partial charge >= 0.3 is 28.6 Å². The van der Waals surface area contributed by atoms with Gasteiger partial charge in [-0.05, 0) is 60.2 Å². The van der Waals surface area contributed by atoms with Crippen molar-refractivity contribution in [3.8, 4) is 5.75 Å². The van der Waals surface area contributed by atoms with Gasteiger partial charge in [0.05, 0.1) is 29.3 Å². The minimum Gasteiger partial charge on any atom is -0.378 e. The van der Waals surface area contributed by atoms with Gasteiger partial charge in [-0.2, -0.15) is 53.0 Å². The number of amides is 1. The number of hydrazone groups is 1. The van der Waals surface area contributed by atoms with Crippen LogP contribution in [0.5, 0.6) is 5.75 Å². The lowest BCUT2D eigenvalue weighted by atomic mass is 10.0. The Morgan fingerprint density at radius 3 is 1.82 bits per heavy atom. The lowest BCUT2D eigenvalue weighted by molar-refractivity contribution is -0.143. The van der Waals surface area contributed by atoms with Crippen molar-refractivity contribution in [3.05, 3.63) is 94.5 Å². The van der Waals surface area contributed by atoms with Crippen LogP contribution in [0.3, 0.4) is 0 Å². The summed E-state index contributed by atoms with van der Waals surface area (Å²) in [5, 5.41) is 3.51. The number of carbonyl (C=O) groups excluding carboxylic acids is 1. The van der Waals surface area contributed by atoms with Crippen LogP contribution < -0.4 is 9.61 Å². The molecule has 16 heteroatoms. The molecule has 0 atom stereocenters. The van der Waals surface area contributed by atoms with Crippen LogP contribution in [-0.2, 0) is 39.9 Å². The normalized spacial score (nSPS) is 12.9. The number of alkyl halides is 9. The fourth-order valence-electron chi connectivity index (χ4n) is 3.16. The fourth-order valence-corrected chi connectivity index (χ4v) is 4.11. The van der Waals surface area contributed by atoms with Crippen molar-refractivity contribution in [1.29, 1.82) is 0 Å². The molecule has 0 saturated heterocycles. The second kappa shape index (κ2) is 11.2. The molecule has 0 aliphatic heterocycles. The molecule has 0 aliphatic rings. The number of halogens is 9. The highest BCUT2D eigenvalue weighted by Gasteiger charge is 2.37. The number of nitrogens with one attached hydrogen (secondary N) is 1. The predicted molar refractivity (Wildman–Crippen MR) is 122 cm³/mol. The Balaban J connectivity index is 1.74. The van der Waals surface area contributed by atoms with E-state index in [1.165, 1.54) is 18.2 Å². The summed E-state index contributed by atoms with van der Waals surface area (Å²) in [5.41, 5.74) is -3.05. The van der Waals surface area contributed by atoms with E-state index >= 15 is 0 Å². The van der Waals surface area contributed by atoms with Crippen LogP contribution in [0.15, 0.2) is 76.7 Å². The van der Waals surface area contributed by atoms with Gasteiger partial charge in [0.15, 0.2) is 5.75 Å². The van der Waals surface area contributed by atoms with Gasteiger partial charge in [0.25, 0.3) is 0 Å². The molecule has 0 aromatic heterocycles. The van der Waals surface area contributed by atoms with Gasteiger partial charge in [-0.1, -0.05) is 12.1 Å². The van der Waals surface area contributed by atoms with E-state index in [9.17, 15) is 52.7 Å². The summed E-state index contributed by atoms with van der Waals surface area (Å²) in [6.07, 6.45) is -14.9. The Hall–Kier alpha value is -4.08. The number of hydrogen-bond acceptors (Lipinski definition) is 5. The van der Waals surface area contributed by atoms with Crippen molar-refractivity contribution in [2.75, 3.05) is 0 Å². The number of carbonyl (C=O) groups is 1. The molecule has 6 nitrogen and oxygen atoms in total. The molecule has 3 aromatic carbocycles. The van der Waals surface area contributed by atoms with Gasteiger partial charge in [-0.15, -0.1) is 0 Å². The van der Waals surface area contributed by atoms with Gasteiger partial charge in [-0.25, -0.2) is 5.43 Å². The number of para-hydroxylation sites is 1. The molecule has 0 heterocycles. The Kier molecular flexibility index (Phi) is 8.52. The van der Waals surface area contributed by atoms with Crippen LogP contribution in [0.1, 0.15) is 27.8 Å². The molecule has 3 aromatic rings. The number of rotatable bonds is 7. The van der Waals surface area contributed by atoms with E-state index in [-0.39, 0.29) is 17.4 Å². The maximum Gasteiger partial charge on any atom is 0.416 e. The number of benzene rings is 3. The summed E-state index contributed by atoms with van der Waals surface area (Å²) in [6, 6.07) is 8.32. The first-order valence-corrected chi connectivity index (χ1v) is 12.1. The summed E-state index contributed by atoms with van der Waals surface area (Å²) < 4.78 is 146. The highest BCUT2D eigenvalue weighted by Crippen LogP contribution is 2.36. The molecule has 0 aliphatic carbocycles. The first-order valence-electron chi connectivity index (χ1n) is 10.7. The van der Waals surface area contributed by atoms with Crippen LogP contribution in [0, 0.1) is 0 Å². The molecule has 214 valence electrons. The monoisotopic (exact) mass is 598 g/mol. The van der Waals surface area contributed by atoms with Crippen LogP contribution in [-0.4, -0.2) is 20.5 Å². The number of hydrogen-bond donors (Lipinski definition) is 1. The smallest absolute Gasteiger partial charge is 0.378 e. The third-order valence-corrected chi connectivity index (χ3v) is 6.24. The molecule has 0 saturated carbocycles. The molecule has 0 fully saturated rings. The Labute approximate surface area is 220 Å². The van der Waals surface area contributed by atoms with Crippen LogP contribution in [0.25, 0.3) is 0 Å². The van der Waals surface area contributed by atoms with Crippen molar-refractivity contribution in [1.82, 2.24) is 5.43 Å². The molecule has 0 bridgehead atoms. The van der Waals surface area contributed by atoms with Crippen molar-refractivity contribution < 1.29 is 56.9 Å². The standard InChI is InChI=1S/C24H15F9N2O4S/c25-22(26,27)16-5-7-19(8-6-16)40(37,38)39-20-4-2-1-3-15(20)13-34-35-21(36)11-14-9-17(23(28,29)30)12-18(10-14)24(31,32)33/h1-10,12-13H,11H2,(H,35,36). The van der Waals surface area contributed by atoms with Gasteiger partial charge in [0.2, 0.25) is 5.91 Å². The lowest BCUT2D eigenvalue weighted by Gasteiger charge is -2.14. The third kappa shape index (κ3) is 7.97. The zero-order valence-electron chi connectivity index (χ0n) is 19.5. The Morgan fingerprint density at radius 2 is 1.30 bits per heavy atom. The summed E-state index contributed by atoms with van der Waals surface area (Å²) in [7, 11) is -4.61. The van der Waals surface area contributed by atoms with Crippen LogP contribution in [0.4, 0.5) is 39.5 Å². The first kappa shape index (κ1) is 30.5. The average molecular weight is 598 g/mol. The molecule has 40 heavy (non-hydrogen) atoms. The molecule has 0 unspecified atom stereocenters. The molecular formula is C24H15F9N2O4S. The largest absolute Gasteiger partial charge is 0.416 e. The second-order valence-corrected chi connectivity index (χ2v) is 9.53. The van der Waals surface area contributed by atoms with E-state index < -0.39 is 68.1 Å². The Morgan fingerprint density at radius 1 is 0.775 bits per heavy atom. The molecule has 1 N–H and O–H groups in total. The van der Waals surface area contributed by atoms with Crippen molar-refractivity contribution in [2.24, 2.45) is 5.10 Å². The van der Waals surface area contributed by atoms with Crippen molar-refractivity contribution in [2.45, 2.75) is 29.8 Å². The minimum absolute atomic E-state index is 0.0586.